The van der Waals surface area contributed by atoms with Crippen molar-refractivity contribution >= 4 is 27.4 Å². The first-order chi connectivity index (χ1) is 11.3. The van der Waals surface area contributed by atoms with E-state index in [9.17, 15) is 8.42 Å². The summed E-state index contributed by atoms with van der Waals surface area (Å²) in [7, 11) is -3.79. The second-order valence-corrected chi connectivity index (χ2v) is 7.28. The van der Waals surface area contributed by atoms with Gasteiger partial charge in [0.25, 0.3) is 10.0 Å². The van der Waals surface area contributed by atoms with Crippen LogP contribution in [0.3, 0.4) is 0 Å². The molecule has 9 heteroatoms. The summed E-state index contributed by atoms with van der Waals surface area (Å²) in [6, 6.07) is 9.41. The van der Waals surface area contributed by atoms with E-state index in [4.69, 9.17) is 11.6 Å². The third-order valence-electron chi connectivity index (χ3n) is 3.22. The number of hydrogen-bond donors (Lipinski definition) is 1. The van der Waals surface area contributed by atoms with Crippen molar-refractivity contribution in [2.75, 3.05) is 4.72 Å². The van der Waals surface area contributed by atoms with Crippen LogP contribution in [0.25, 0.3) is 5.82 Å². The Morgan fingerprint density at radius 1 is 1.12 bits per heavy atom. The Hall–Kier alpha value is -2.45. The number of anilines is 1. The van der Waals surface area contributed by atoms with Gasteiger partial charge in [0.2, 0.25) is 0 Å². The van der Waals surface area contributed by atoms with Gasteiger partial charge in [-0.3, -0.25) is 4.72 Å². The van der Waals surface area contributed by atoms with Crippen molar-refractivity contribution in [3.63, 3.8) is 0 Å². The summed E-state index contributed by atoms with van der Waals surface area (Å²) in [4.78, 5) is 8.15. The fourth-order valence-electron chi connectivity index (χ4n) is 2.21. The highest BCUT2D eigenvalue weighted by molar-refractivity contribution is 7.92. The van der Waals surface area contributed by atoms with E-state index >= 15 is 0 Å². The van der Waals surface area contributed by atoms with Crippen LogP contribution in [0.1, 0.15) is 11.4 Å². The lowest BCUT2D eigenvalue weighted by atomic mass is 10.4. The van der Waals surface area contributed by atoms with Crippen LogP contribution >= 0.6 is 11.6 Å². The van der Waals surface area contributed by atoms with Gasteiger partial charge in [0, 0.05) is 16.8 Å². The zero-order valence-electron chi connectivity index (χ0n) is 12.9. The highest BCUT2D eigenvalue weighted by atomic mass is 35.5. The van der Waals surface area contributed by atoms with Crippen LogP contribution in [-0.2, 0) is 10.0 Å². The maximum atomic E-state index is 12.4. The summed E-state index contributed by atoms with van der Waals surface area (Å²) in [5, 5.41) is 4.66. The molecular weight excluding hydrogens is 350 g/mol. The molecule has 0 saturated carbocycles. The second kappa shape index (κ2) is 6.21. The number of aromatic nitrogens is 4. The molecule has 0 aliphatic rings. The van der Waals surface area contributed by atoms with Gasteiger partial charge >= 0.3 is 0 Å². The molecule has 0 saturated heterocycles. The molecule has 124 valence electrons. The highest BCUT2D eigenvalue weighted by Crippen LogP contribution is 2.19. The van der Waals surface area contributed by atoms with Crippen molar-refractivity contribution in [3.8, 4) is 5.82 Å². The number of sulfonamides is 1. The topological polar surface area (TPSA) is 89.8 Å². The van der Waals surface area contributed by atoms with Crippen LogP contribution in [0.4, 0.5) is 5.82 Å². The molecule has 7 nitrogen and oxygen atoms in total. The largest absolute Gasteiger partial charge is 0.263 e. The summed E-state index contributed by atoms with van der Waals surface area (Å²) in [6.07, 6.45) is 1.28. The molecule has 0 bridgehead atoms. The fourth-order valence-corrected chi connectivity index (χ4v) is 3.51. The fraction of sp³-hybridized carbons (Fsp3) is 0.133. The van der Waals surface area contributed by atoms with Crippen LogP contribution in [0.2, 0.25) is 5.02 Å². The standard InChI is InChI=1S/C15H14ClN5O2S/c1-10-6-11(2)21(19-10)15-8-14(17-9-18-15)20-24(22,23)13-5-3-4-12(16)7-13/h3-9H,1-2H3,(H,17,18,20). The molecule has 2 aromatic heterocycles. The molecule has 0 atom stereocenters. The Balaban J connectivity index is 1.94. The first-order valence-corrected chi connectivity index (χ1v) is 8.85. The third kappa shape index (κ3) is 3.39. The smallest absolute Gasteiger partial charge is 0.263 e. The van der Waals surface area contributed by atoms with E-state index in [0.29, 0.717) is 10.8 Å². The molecule has 0 aliphatic carbocycles. The van der Waals surface area contributed by atoms with Gasteiger partial charge < -0.3 is 0 Å². The first kappa shape index (κ1) is 16.4. The maximum Gasteiger partial charge on any atom is 0.263 e. The Bertz CT molecular complexity index is 1000. The number of hydrogen-bond acceptors (Lipinski definition) is 5. The summed E-state index contributed by atoms with van der Waals surface area (Å²) < 4.78 is 28.9. The SMILES string of the molecule is Cc1cc(C)n(-c2cc(NS(=O)(=O)c3cccc(Cl)c3)ncn2)n1. The molecular formula is C15H14ClN5O2S. The molecule has 0 amide bonds. The van der Waals surface area contributed by atoms with E-state index in [0.717, 1.165) is 11.4 Å². The number of rotatable bonds is 4. The lowest BCUT2D eigenvalue weighted by Gasteiger charge is -2.09. The van der Waals surface area contributed by atoms with E-state index in [2.05, 4.69) is 19.8 Å². The van der Waals surface area contributed by atoms with Crippen molar-refractivity contribution in [3.05, 3.63) is 59.1 Å². The summed E-state index contributed by atoms with van der Waals surface area (Å²) in [5.41, 5.74) is 1.72. The molecule has 0 aliphatic heterocycles. The summed E-state index contributed by atoms with van der Waals surface area (Å²) in [5.74, 6) is 0.618. The molecule has 1 N–H and O–H groups in total. The molecule has 24 heavy (non-hydrogen) atoms. The lowest BCUT2D eigenvalue weighted by Crippen LogP contribution is -2.14. The van der Waals surface area contributed by atoms with Crippen LogP contribution in [0, 0.1) is 13.8 Å². The van der Waals surface area contributed by atoms with Gasteiger partial charge in [-0.25, -0.2) is 23.1 Å². The maximum absolute atomic E-state index is 12.4. The van der Waals surface area contributed by atoms with Crippen molar-refractivity contribution in [2.45, 2.75) is 18.7 Å². The Morgan fingerprint density at radius 3 is 2.58 bits per heavy atom. The Kier molecular flexibility index (Phi) is 4.25. The van der Waals surface area contributed by atoms with E-state index in [1.165, 1.54) is 24.5 Å². The first-order valence-electron chi connectivity index (χ1n) is 6.99. The van der Waals surface area contributed by atoms with Gasteiger partial charge in [0.1, 0.15) is 12.1 Å². The number of benzene rings is 1. The molecule has 3 aromatic rings. The number of halogens is 1. The number of nitrogens with zero attached hydrogens (tertiary/aromatic N) is 4. The zero-order chi connectivity index (χ0) is 17.3. The minimum absolute atomic E-state index is 0.0567. The molecule has 1 aromatic carbocycles. The van der Waals surface area contributed by atoms with E-state index in [1.54, 1.807) is 16.8 Å². The zero-order valence-corrected chi connectivity index (χ0v) is 14.5. The van der Waals surface area contributed by atoms with Crippen molar-refractivity contribution < 1.29 is 8.42 Å². The second-order valence-electron chi connectivity index (χ2n) is 5.16. The Labute approximate surface area is 144 Å². The predicted octanol–water partition coefficient (Wildman–Crippen LogP) is 2.73. The lowest BCUT2D eigenvalue weighted by molar-refractivity contribution is 0.601. The van der Waals surface area contributed by atoms with Gasteiger partial charge in [-0.15, -0.1) is 0 Å². The number of aryl methyl sites for hydroxylation is 2. The predicted molar refractivity (Wildman–Crippen MR) is 90.9 cm³/mol. The van der Waals surface area contributed by atoms with Crippen LogP contribution in [0.15, 0.2) is 47.6 Å². The van der Waals surface area contributed by atoms with Crippen molar-refractivity contribution in [2.24, 2.45) is 0 Å². The molecule has 0 radical (unpaired) electrons. The van der Waals surface area contributed by atoms with Gasteiger partial charge in [-0.2, -0.15) is 5.10 Å². The van der Waals surface area contributed by atoms with Crippen LogP contribution < -0.4 is 4.72 Å². The molecule has 0 fully saturated rings. The molecule has 0 unspecified atom stereocenters. The van der Waals surface area contributed by atoms with Crippen LogP contribution in [-0.4, -0.2) is 28.2 Å². The average Bonchev–Trinajstić information content (AvgIpc) is 2.86. The van der Waals surface area contributed by atoms with Crippen LogP contribution in [0.5, 0.6) is 0 Å². The quantitative estimate of drug-likeness (QED) is 0.769. The third-order valence-corrected chi connectivity index (χ3v) is 4.81. The monoisotopic (exact) mass is 363 g/mol. The van der Waals surface area contributed by atoms with Crippen molar-refractivity contribution in [1.29, 1.82) is 0 Å². The normalized spacial score (nSPS) is 11.5. The van der Waals surface area contributed by atoms with Crippen molar-refractivity contribution in [1.82, 2.24) is 19.7 Å². The van der Waals surface area contributed by atoms with E-state index in [1.807, 2.05) is 19.9 Å². The summed E-state index contributed by atoms with van der Waals surface area (Å²) >= 11 is 5.85. The van der Waals surface area contributed by atoms with Gasteiger partial charge in [-0.1, -0.05) is 17.7 Å². The van der Waals surface area contributed by atoms with Gasteiger partial charge in [0.05, 0.1) is 10.6 Å². The Morgan fingerprint density at radius 2 is 1.92 bits per heavy atom. The van der Waals surface area contributed by atoms with E-state index < -0.39 is 10.0 Å². The molecule has 3 rings (SSSR count). The van der Waals surface area contributed by atoms with E-state index in [-0.39, 0.29) is 10.7 Å². The molecule has 0 spiro atoms. The minimum atomic E-state index is -3.79. The summed E-state index contributed by atoms with van der Waals surface area (Å²) in [6.45, 7) is 3.76. The van der Waals surface area contributed by atoms with Gasteiger partial charge in [-0.05, 0) is 38.1 Å². The highest BCUT2D eigenvalue weighted by Gasteiger charge is 2.16. The molecule has 2 heterocycles. The average molecular weight is 364 g/mol. The number of nitrogens with one attached hydrogen (secondary N) is 1. The van der Waals surface area contributed by atoms with Gasteiger partial charge in [0.15, 0.2) is 5.82 Å². The minimum Gasteiger partial charge on any atom is -0.263 e.